The Morgan fingerprint density at radius 1 is 1.35 bits per heavy atom. The molecular formula is C13H17N3O. The maximum Gasteiger partial charge on any atom is 0.150 e. The second kappa shape index (κ2) is 4.11. The zero-order valence-electron chi connectivity index (χ0n) is 9.85. The van der Waals surface area contributed by atoms with Crippen molar-refractivity contribution in [2.45, 2.75) is 12.8 Å². The van der Waals surface area contributed by atoms with E-state index in [9.17, 15) is 4.79 Å². The van der Waals surface area contributed by atoms with Gasteiger partial charge in [0.15, 0.2) is 0 Å². The summed E-state index contributed by atoms with van der Waals surface area (Å²) in [5, 5.41) is 3.36. The summed E-state index contributed by atoms with van der Waals surface area (Å²) < 4.78 is 0. The summed E-state index contributed by atoms with van der Waals surface area (Å²) in [6.07, 6.45) is 5.06. The van der Waals surface area contributed by atoms with Crippen LogP contribution in [-0.4, -0.2) is 37.4 Å². The Hall–Kier alpha value is -1.42. The Morgan fingerprint density at radius 2 is 2.12 bits per heavy atom. The Labute approximate surface area is 101 Å². The Kier molecular flexibility index (Phi) is 2.59. The monoisotopic (exact) mass is 231 g/mol. The van der Waals surface area contributed by atoms with Crippen LogP contribution in [0.5, 0.6) is 0 Å². The molecule has 1 aromatic rings. The summed E-state index contributed by atoms with van der Waals surface area (Å²) >= 11 is 0. The number of pyridine rings is 1. The van der Waals surface area contributed by atoms with E-state index in [-0.39, 0.29) is 0 Å². The SMILES string of the molecule is O=Cc1ccnc(N2CCC3(CC2)CNC3)c1. The average molecular weight is 231 g/mol. The Balaban J connectivity index is 1.70. The van der Waals surface area contributed by atoms with Gasteiger partial charge in [0.05, 0.1) is 0 Å². The van der Waals surface area contributed by atoms with Crippen molar-refractivity contribution < 1.29 is 4.79 Å². The molecule has 0 atom stereocenters. The fraction of sp³-hybridized carbons (Fsp3) is 0.538. The molecule has 3 rings (SSSR count). The molecular weight excluding hydrogens is 214 g/mol. The highest BCUT2D eigenvalue weighted by Crippen LogP contribution is 2.35. The molecule has 0 amide bonds. The summed E-state index contributed by atoms with van der Waals surface area (Å²) in [5.74, 6) is 0.941. The molecule has 0 aromatic carbocycles. The van der Waals surface area contributed by atoms with Crippen molar-refractivity contribution in [1.82, 2.24) is 10.3 Å². The molecule has 4 heteroatoms. The lowest BCUT2D eigenvalue weighted by atomic mass is 9.73. The van der Waals surface area contributed by atoms with Crippen molar-refractivity contribution in [3.63, 3.8) is 0 Å². The number of hydrogen-bond donors (Lipinski definition) is 1. The lowest BCUT2D eigenvalue weighted by Crippen LogP contribution is -2.58. The fourth-order valence-electron chi connectivity index (χ4n) is 2.72. The zero-order valence-corrected chi connectivity index (χ0v) is 9.85. The normalized spacial score (nSPS) is 22.2. The van der Waals surface area contributed by atoms with Crippen LogP contribution >= 0.6 is 0 Å². The molecule has 0 radical (unpaired) electrons. The molecule has 2 fully saturated rings. The van der Waals surface area contributed by atoms with Gasteiger partial charge in [-0.1, -0.05) is 0 Å². The van der Waals surface area contributed by atoms with E-state index in [4.69, 9.17) is 0 Å². The number of anilines is 1. The van der Waals surface area contributed by atoms with Crippen LogP contribution in [0.2, 0.25) is 0 Å². The van der Waals surface area contributed by atoms with E-state index >= 15 is 0 Å². The molecule has 0 bridgehead atoms. The Bertz CT molecular complexity index is 418. The van der Waals surface area contributed by atoms with E-state index in [0.717, 1.165) is 25.2 Å². The van der Waals surface area contributed by atoms with Crippen molar-refractivity contribution in [3.05, 3.63) is 23.9 Å². The highest BCUT2D eigenvalue weighted by atomic mass is 16.1. The second-order valence-corrected chi connectivity index (χ2v) is 5.16. The fourth-order valence-corrected chi connectivity index (χ4v) is 2.72. The van der Waals surface area contributed by atoms with E-state index in [1.165, 1.54) is 25.9 Å². The summed E-state index contributed by atoms with van der Waals surface area (Å²) in [6.45, 7) is 4.44. The third-order valence-electron chi connectivity index (χ3n) is 4.05. The third kappa shape index (κ3) is 1.93. The molecule has 0 aliphatic carbocycles. The first kappa shape index (κ1) is 10.7. The van der Waals surface area contributed by atoms with Crippen molar-refractivity contribution in [2.24, 2.45) is 5.41 Å². The smallest absolute Gasteiger partial charge is 0.150 e. The number of aromatic nitrogens is 1. The topological polar surface area (TPSA) is 45.2 Å². The van der Waals surface area contributed by atoms with Crippen molar-refractivity contribution in [2.75, 3.05) is 31.1 Å². The molecule has 4 nitrogen and oxygen atoms in total. The first-order valence-corrected chi connectivity index (χ1v) is 6.18. The summed E-state index contributed by atoms with van der Waals surface area (Å²) in [4.78, 5) is 17.4. The van der Waals surface area contributed by atoms with Gasteiger partial charge in [-0.2, -0.15) is 0 Å². The largest absolute Gasteiger partial charge is 0.357 e. The van der Waals surface area contributed by atoms with Gasteiger partial charge in [0.1, 0.15) is 12.1 Å². The van der Waals surface area contributed by atoms with Gasteiger partial charge in [-0.05, 0) is 30.4 Å². The summed E-state index contributed by atoms with van der Waals surface area (Å²) in [7, 11) is 0. The van der Waals surface area contributed by atoms with Gasteiger partial charge in [-0.3, -0.25) is 4.79 Å². The van der Waals surface area contributed by atoms with Crippen LogP contribution in [0.1, 0.15) is 23.2 Å². The van der Waals surface area contributed by atoms with Crippen LogP contribution in [0.4, 0.5) is 5.82 Å². The van der Waals surface area contributed by atoms with E-state index < -0.39 is 0 Å². The molecule has 1 aromatic heterocycles. The van der Waals surface area contributed by atoms with Gasteiger partial charge in [0, 0.05) is 37.9 Å². The van der Waals surface area contributed by atoms with E-state index in [0.29, 0.717) is 11.0 Å². The number of carbonyl (C=O) groups is 1. The average Bonchev–Trinajstić information content (AvgIpc) is 2.37. The van der Waals surface area contributed by atoms with E-state index in [2.05, 4.69) is 15.2 Å². The minimum atomic E-state index is 0.554. The number of hydrogen-bond acceptors (Lipinski definition) is 4. The van der Waals surface area contributed by atoms with Crippen molar-refractivity contribution in [3.8, 4) is 0 Å². The number of carbonyl (C=O) groups excluding carboxylic acids is 1. The lowest BCUT2D eigenvalue weighted by Gasteiger charge is -2.48. The van der Waals surface area contributed by atoms with Crippen molar-refractivity contribution in [1.29, 1.82) is 0 Å². The van der Waals surface area contributed by atoms with Crippen LogP contribution in [-0.2, 0) is 0 Å². The summed E-state index contributed by atoms with van der Waals surface area (Å²) in [6, 6.07) is 3.63. The number of aldehydes is 1. The number of piperidine rings is 1. The first-order valence-electron chi connectivity index (χ1n) is 6.18. The second-order valence-electron chi connectivity index (χ2n) is 5.16. The third-order valence-corrected chi connectivity index (χ3v) is 4.05. The predicted molar refractivity (Wildman–Crippen MR) is 66.4 cm³/mol. The molecule has 0 unspecified atom stereocenters. The van der Waals surface area contributed by atoms with Crippen LogP contribution in [0.25, 0.3) is 0 Å². The lowest BCUT2D eigenvalue weighted by molar-refractivity contribution is 0.112. The molecule has 90 valence electrons. The van der Waals surface area contributed by atoms with Crippen LogP contribution in [0.3, 0.4) is 0 Å². The Morgan fingerprint density at radius 3 is 2.71 bits per heavy atom. The molecule has 2 saturated heterocycles. The summed E-state index contributed by atoms with van der Waals surface area (Å²) in [5.41, 5.74) is 1.26. The standard InChI is InChI=1S/C13H17N3O/c17-8-11-1-4-15-12(7-11)16-5-2-13(3-6-16)9-14-10-13/h1,4,7-8,14H,2-3,5-6,9-10H2. The molecule has 3 heterocycles. The maximum atomic E-state index is 10.7. The van der Waals surface area contributed by atoms with Gasteiger partial charge in [0.2, 0.25) is 0 Å². The highest BCUT2D eigenvalue weighted by Gasteiger charge is 2.39. The van der Waals surface area contributed by atoms with E-state index in [1.54, 1.807) is 12.3 Å². The molecule has 2 aliphatic heterocycles. The predicted octanol–water partition coefficient (Wildman–Crippen LogP) is 1.08. The van der Waals surface area contributed by atoms with Crippen LogP contribution in [0.15, 0.2) is 18.3 Å². The van der Waals surface area contributed by atoms with E-state index in [1.807, 2.05) is 6.07 Å². The molecule has 17 heavy (non-hydrogen) atoms. The van der Waals surface area contributed by atoms with Gasteiger partial charge >= 0.3 is 0 Å². The minimum Gasteiger partial charge on any atom is -0.357 e. The van der Waals surface area contributed by atoms with Gasteiger partial charge in [-0.25, -0.2) is 4.98 Å². The van der Waals surface area contributed by atoms with Crippen molar-refractivity contribution >= 4 is 12.1 Å². The van der Waals surface area contributed by atoms with Crippen LogP contribution < -0.4 is 10.2 Å². The molecule has 0 saturated carbocycles. The highest BCUT2D eigenvalue weighted by molar-refractivity contribution is 5.76. The number of nitrogens with one attached hydrogen (secondary N) is 1. The van der Waals surface area contributed by atoms with Crippen LogP contribution in [0, 0.1) is 5.41 Å². The quantitative estimate of drug-likeness (QED) is 0.774. The molecule has 1 spiro atoms. The van der Waals surface area contributed by atoms with Gasteiger partial charge < -0.3 is 10.2 Å². The molecule has 1 N–H and O–H groups in total. The first-order chi connectivity index (χ1) is 8.31. The van der Waals surface area contributed by atoms with Gasteiger partial charge in [-0.15, -0.1) is 0 Å². The molecule has 2 aliphatic rings. The zero-order chi connectivity index (χ0) is 11.7. The minimum absolute atomic E-state index is 0.554. The number of nitrogens with zero attached hydrogens (tertiary/aromatic N) is 2. The van der Waals surface area contributed by atoms with Gasteiger partial charge in [0.25, 0.3) is 0 Å². The maximum absolute atomic E-state index is 10.7. The number of rotatable bonds is 2.